The van der Waals surface area contributed by atoms with E-state index in [9.17, 15) is 4.79 Å². The van der Waals surface area contributed by atoms with Gasteiger partial charge < -0.3 is 15.8 Å². The van der Waals surface area contributed by atoms with Crippen molar-refractivity contribution in [2.45, 2.75) is 13.3 Å². The van der Waals surface area contributed by atoms with Crippen LogP contribution in [0.4, 0.5) is 5.82 Å². The third kappa shape index (κ3) is 2.75. The highest BCUT2D eigenvalue weighted by atomic mass is 79.9. The average Bonchev–Trinajstić information content (AvgIpc) is 2.70. The van der Waals surface area contributed by atoms with Gasteiger partial charge in [-0.25, -0.2) is 9.97 Å². The van der Waals surface area contributed by atoms with E-state index in [-0.39, 0.29) is 11.7 Å². The number of nitrogens with zero attached hydrogens (tertiary/aromatic N) is 3. The summed E-state index contributed by atoms with van der Waals surface area (Å²) in [5, 5.41) is 2.80. The molecule has 7 nitrogen and oxygen atoms in total. The van der Waals surface area contributed by atoms with Gasteiger partial charge in [-0.2, -0.15) is 0 Å². The molecule has 0 aliphatic rings. The largest absolute Gasteiger partial charge is 0.385 e. The maximum atomic E-state index is 12.3. The Morgan fingerprint density at radius 2 is 2.35 bits per heavy atom. The average molecular weight is 342 g/mol. The quantitative estimate of drug-likeness (QED) is 0.795. The van der Waals surface area contributed by atoms with Gasteiger partial charge in [0.25, 0.3) is 5.91 Å². The third-order valence-electron chi connectivity index (χ3n) is 2.85. The number of hydrogen-bond donors (Lipinski definition) is 2. The molecular weight excluding hydrogens is 326 g/mol. The Kier molecular flexibility index (Phi) is 4.56. The number of ether oxygens (including phenoxy) is 1. The van der Waals surface area contributed by atoms with Crippen LogP contribution in [0.2, 0.25) is 0 Å². The molecule has 20 heavy (non-hydrogen) atoms. The van der Waals surface area contributed by atoms with Crippen LogP contribution in [0, 0.1) is 6.92 Å². The summed E-state index contributed by atoms with van der Waals surface area (Å²) >= 11 is 3.34. The first-order chi connectivity index (χ1) is 9.56. The van der Waals surface area contributed by atoms with Gasteiger partial charge in [-0.3, -0.25) is 9.20 Å². The minimum absolute atomic E-state index is 0.176. The van der Waals surface area contributed by atoms with Gasteiger partial charge in [-0.05, 0) is 29.3 Å². The number of rotatable bonds is 5. The minimum Gasteiger partial charge on any atom is -0.385 e. The number of anilines is 1. The number of carbonyl (C=O) groups is 1. The van der Waals surface area contributed by atoms with E-state index in [0.717, 1.165) is 6.42 Å². The van der Waals surface area contributed by atoms with Crippen molar-refractivity contribution in [3.05, 3.63) is 22.3 Å². The number of nitrogen functional groups attached to an aromatic ring is 1. The van der Waals surface area contributed by atoms with Crippen molar-refractivity contribution in [1.29, 1.82) is 0 Å². The Hall–Kier alpha value is -1.67. The zero-order chi connectivity index (χ0) is 14.7. The number of aromatic nitrogens is 3. The summed E-state index contributed by atoms with van der Waals surface area (Å²) in [4.78, 5) is 20.6. The molecule has 2 aromatic rings. The van der Waals surface area contributed by atoms with Crippen LogP contribution in [-0.2, 0) is 4.74 Å². The van der Waals surface area contributed by atoms with E-state index < -0.39 is 0 Å². The Morgan fingerprint density at radius 3 is 3.05 bits per heavy atom. The van der Waals surface area contributed by atoms with Gasteiger partial charge >= 0.3 is 0 Å². The van der Waals surface area contributed by atoms with Crippen molar-refractivity contribution in [2.24, 2.45) is 0 Å². The standard InChI is InChI=1S/C12H16BrN5O2/c1-7-17-10(13)8-6-16-11(14)9(18(7)8)12(19)15-4-3-5-20-2/h6H,3-5,14H2,1-2H3,(H,15,19). The first-order valence-corrected chi connectivity index (χ1v) is 6.91. The fourth-order valence-corrected chi connectivity index (χ4v) is 2.47. The number of methoxy groups -OCH3 is 1. The fraction of sp³-hybridized carbons (Fsp3) is 0.417. The number of amides is 1. The summed E-state index contributed by atoms with van der Waals surface area (Å²) in [7, 11) is 1.62. The van der Waals surface area contributed by atoms with Crippen LogP contribution < -0.4 is 11.1 Å². The highest BCUT2D eigenvalue weighted by Crippen LogP contribution is 2.22. The van der Waals surface area contributed by atoms with Gasteiger partial charge in [-0.1, -0.05) is 0 Å². The van der Waals surface area contributed by atoms with Crippen molar-refractivity contribution in [3.8, 4) is 0 Å². The normalized spacial score (nSPS) is 10.9. The summed E-state index contributed by atoms with van der Waals surface area (Å²) < 4.78 is 7.26. The molecule has 0 fully saturated rings. The molecule has 0 bridgehead atoms. The topological polar surface area (TPSA) is 94.5 Å². The first kappa shape index (κ1) is 14.7. The van der Waals surface area contributed by atoms with Crippen molar-refractivity contribution >= 4 is 33.2 Å². The first-order valence-electron chi connectivity index (χ1n) is 6.12. The van der Waals surface area contributed by atoms with Crippen LogP contribution >= 0.6 is 15.9 Å². The lowest BCUT2D eigenvalue weighted by atomic mass is 10.3. The smallest absolute Gasteiger partial charge is 0.272 e. The molecular formula is C12H16BrN5O2. The summed E-state index contributed by atoms with van der Waals surface area (Å²) in [5.41, 5.74) is 6.84. The predicted molar refractivity (Wildman–Crippen MR) is 78.7 cm³/mol. The Bertz CT molecular complexity index is 640. The second-order valence-corrected chi connectivity index (χ2v) is 5.02. The molecule has 0 unspecified atom stereocenters. The fourth-order valence-electron chi connectivity index (χ4n) is 1.94. The predicted octanol–water partition coefficient (Wildman–Crippen LogP) is 1.15. The summed E-state index contributed by atoms with van der Waals surface area (Å²) in [6.07, 6.45) is 2.32. The van der Waals surface area contributed by atoms with Gasteiger partial charge in [-0.15, -0.1) is 0 Å². The molecule has 2 aromatic heterocycles. The van der Waals surface area contributed by atoms with Gasteiger partial charge in [0, 0.05) is 20.3 Å². The third-order valence-corrected chi connectivity index (χ3v) is 3.44. The van der Waals surface area contributed by atoms with Crippen LogP contribution in [0.3, 0.4) is 0 Å². The van der Waals surface area contributed by atoms with Gasteiger partial charge in [0.2, 0.25) is 0 Å². The molecule has 0 saturated heterocycles. The van der Waals surface area contributed by atoms with E-state index in [0.29, 0.717) is 34.8 Å². The minimum atomic E-state index is -0.273. The lowest BCUT2D eigenvalue weighted by Crippen LogP contribution is -2.28. The second kappa shape index (κ2) is 6.19. The van der Waals surface area contributed by atoms with E-state index in [1.807, 2.05) is 0 Å². The van der Waals surface area contributed by atoms with Crippen molar-refractivity contribution in [1.82, 2.24) is 19.7 Å². The summed E-state index contributed by atoms with van der Waals surface area (Å²) in [6, 6.07) is 0. The van der Waals surface area contributed by atoms with Crippen molar-refractivity contribution in [2.75, 3.05) is 26.0 Å². The molecule has 2 rings (SSSR count). The molecule has 0 saturated carbocycles. The van der Waals surface area contributed by atoms with Crippen molar-refractivity contribution in [3.63, 3.8) is 0 Å². The SMILES string of the molecule is COCCCNC(=O)c1c(N)ncc2c(Br)nc(C)n12. The molecule has 0 aliphatic carbocycles. The Morgan fingerprint density at radius 1 is 1.60 bits per heavy atom. The highest BCUT2D eigenvalue weighted by Gasteiger charge is 2.18. The molecule has 0 aliphatic heterocycles. The molecule has 108 valence electrons. The molecule has 2 heterocycles. The van der Waals surface area contributed by atoms with Gasteiger partial charge in [0.05, 0.1) is 11.7 Å². The Balaban J connectivity index is 2.33. The summed E-state index contributed by atoms with van der Waals surface area (Å²) in [5.74, 6) is 0.572. The molecule has 0 atom stereocenters. The molecule has 8 heteroatoms. The van der Waals surface area contributed by atoms with Crippen LogP contribution in [0.5, 0.6) is 0 Å². The maximum Gasteiger partial charge on any atom is 0.272 e. The lowest BCUT2D eigenvalue weighted by Gasteiger charge is -2.10. The second-order valence-electron chi connectivity index (χ2n) is 4.26. The lowest BCUT2D eigenvalue weighted by molar-refractivity contribution is 0.0942. The van der Waals surface area contributed by atoms with Crippen LogP contribution in [0.25, 0.3) is 5.52 Å². The van der Waals surface area contributed by atoms with E-state index in [2.05, 4.69) is 31.2 Å². The number of fused-ring (bicyclic) bond motifs is 1. The van der Waals surface area contributed by atoms with Crippen LogP contribution in [0.1, 0.15) is 22.7 Å². The number of nitrogens with two attached hydrogens (primary N) is 1. The summed E-state index contributed by atoms with van der Waals surface area (Å²) in [6.45, 7) is 2.91. The van der Waals surface area contributed by atoms with Gasteiger partial charge in [0.15, 0.2) is 11.5 Å². The van der Waals surface area contributed by atoms with Gasteiger partial charge in [0.1, 0.15) is 10.4 Å². The van der Waals surface area contributed by atoms with E-state index in [4.69, 9.17) is 10.5 Å². The van der Waals surface area contributed by atoms with E-state index in [1.54, 1.807) is 24.6 Å². The van der Waals surface area contributed by atoms with Crippen molar-refractivity contribution < 1.29 is 9.53 Å². The van der Waals surface area contributed by atoms with E-state index in [1.165, 1.54) is 0 Å². The molecule has 0 aromatic carbocycles. The zero-order valence-electron chi connectivity index (χ0n) is 11.3. The van der Waals surface area contributed by atoms with E-state index >= 15 is 0 Å². The number of nitrogens with one attached hydrogen (secondary N) is 1. The number of imidazole rings is 1. The zero-order valence-corrected chi connectivity index (χ0v) is 12.9. The number of aryl methyl sites for hydroxylation is 1. The number of hydrogen-bond acceptors (Lipinski definition) is 5. The maximum absolute atomic E-state index is 12.3. The molecule has 0 radical (unpaired) electrons. The number of halogens is 1. The molecule has 0 spiro atoms. The molecule has 3 N–H and O–H groups in total. The Labute approximate surface area is 124 Å². The monoisotopic (exact) mass is 341 g/mol. The highest BCUT2D eigenvalue weighted by molar-refractivity contribution is 9.10. The van der Waals surface area contributed by atoms with Crippen LogP contribution in [0.15, 0.2) is 10.8 Å². The molecule has 1 amide bonds. The number of carbonyl (C=O) groups excluding carboxylic acids is 1. The van der Waals surface area contributed by atoms with Crippen LogP contribution in [-0.4, -0.2) is 40.5 Å².